The second-order valence-corrected chi connectivity index (χ2v) is 4.90. The van der Waals surface area contributed by atoms with Crippen molar-refractivity contribution in [1.82, 2.24) is 0 Å². The normalized spacial score (nSPS) is 16.4. The van der Waals surface area contributed by atoms with E-state index in [1.54, 1.807) is 7.11 Å². The van der Waals surface area contributed by atoms with Gasteiger partial charge in [-0.1, -0.05) is 30.3 Å². The van der Waals surface area contributed by atoms with E-state index in [1.807, 2.05) is 42.5 Å². The molecule has 0 saturated heterocycles. The molecule has 3 nitrogen and oxygen atoms in total. The lowest BCUT2D eigenvalue weighted by Crippen LogP contribution is -2.11. The quantitative estimate of drug-likeness (QED) is 0.926. The van der Waals surface area contributed by atoms with Crippen molar-refractivity contribution in [3.05, 3.63) is 53.8 Å². The number of fused-ring (bicyclic) bond motifs is 1. The minimum Gasteiger partial charge on any atom is -0.496 e. The third kappa shape index (κ3) is 2.25. The Morgan fingerprint density at radius 1 is 1.20 bits per heavy atom. The van der Waals surface area contributed by atoms with E-state index in [1.165, 1.54) is 0 Å². The predicted octanol–water partition coefficient (Wildman–Crippen LogP) is 3.58. The molecule has 1 heterocycles. The highest BCUT2D eigenvalue weighted by atomic mass is 16.5. The van der Waals surface area contributed by atoms with Crippen LogP contribution >= 0.6 is 0 Å². The van der Waals surface area contributed by atoms with Gasteiger partial charge in [0.1, 0.15) is 17.6 Å². The molecule has 0 radical (unpaired) electrons. The van der Waals surface area contributed by atoms with Gasteiger partial charge in [-0.3, -0.25) is 0 Å². The fourth-order valence-corrected chi connectivity index (χ4v) is 2.65. The van der Waals surface area contributed by atoms with Gasteiger partial charge in [-0.2, -0.15) is 0 Å². The number of hydrogen-bond acceptors (Lipinski definition) is 3. The molecule has 0 aromatic heterocycles. The molecule has 1 atom stereocenters. The molecule has 1 aliphatic rings. The Bertz CT molecular complexity index is 646. The summed E-state index contributed by atoms with van der Waals surface area (Å²) in [7, 11) is 1.62. The maximum absolute atomic E-state index is 10.7. The highest BCUT2D eigenvalue weighted by Crippen LogP contribution is 2.37. The van der Waals surface area contributed by atoms with E-state index in [-0.39, 0.29) is 0 Å². The van der Waals surface area contributed by atoms with E-state index >= 15 is 0 Å². The molecule has 0 fully saturated rings. The molecule has 20 heavy (non-hydrogen) atoms. The topological polar surface area (TPSA) is 38.7 Å². The van der Waals surface area contributed by atoms with Crippen molar-refractivity contribution in [2.75, 3.05) is 13.7 Å². The summed E-state index contributed by atoms with van der Waals surface area (Å²) in [5, 5.41) is 12.8. The first-order valence-corrected chi connectivity index (χ1v) is 6.88. The molecule has 3 rings (SSSR count). The number of aliphatic hydroxyl groups is 1. The predicted molar refractivity (Wildman–Crippen MR) is 78.7 cm³/mol. The molecule has 0 bridgehead atoms. The largest absolute Gasteiger partial charge is 0.496 e. The smallest absolute Gasteiger partial charge is 0.140 e. The van der Waals surface area contributed by atoms with Crippen molar-refractivity contribution in [1.29, 1.82) is 0 Å². The van der Waals surface area contributed by atoms with Crippen LogP contribution in [0.1, 0.15) is 24.5 Å². The van der Waals surface area contributed by atoms with Crippen LogP contribution in [0.3, 0.4) is 0 Å². The molecule has 2 aromatic rings. The Hall–Kier alpha value is -2.00. The SMILES string of the molecule is COc1ccc2ccccc2c1C(O)C1=CCCCO1. The Morgan fingerprint density at radius 2 is 2.05 bits per heavy atom. The van der Waals surface area contributed by atoms with Crippen LogP contribution in [0.15, 0.2) is 48.2 Å². The van der Waals surface area contributed by atoms with E-state index in [4.69, 9.17) is 9.47 Å². The van der Waals surface area contributed by atoms with Crippen molar-refractivity contribution >= 4 is 10.8 Å². The van der Waals surface area contributed by atoms with Gasteiger partial charge in [-0.05, 0) is 35.8 Å². The maximum Gasteiger partial charge on any atom is 0.140 e. The van der Waals surface area contributed by atoms with Crippen LogP contribution in [-0.4, -0.2) is 18.8 Å². The van der Waals surface area contributed by atoms with Gasteiger partial charge in [-0.15, -0.1) is 0 Å². The second kappa shape index (κ2) is 5.55. The average molecular weight is 270 g/mol. The average Bonchev–Trinajstić information content (AvgIpc) is 2.54. The van der Waals surface area contributed by atoms with E-state index in [0.717, 1.165) is 29.2 Å². The number of methoxy groups -OCH3 is 1. The molecule has 0 aliphatic carbocycles. The summed E-state index contributed by atoms with van der Waals surface area (Å²) in [5.74, 6) is 1.32. The first-order chi connectivity index (χ1) is 9.81. The highest BCUT2D eigenvalue weighted by molar-refractivity contribution is 5.88. The Labute approximate surface area is 118 Å². The van der Waals surface area contributed by atoms with Gasteiger partial charge in [0.25, 0.3) is 0 Å². The lowest BCUT2D eigenvalue weighted by atomic mass is 9.97. The number of hydrogen-bond donors (Lipinski definition) is 1. The van der Waals surface area contributed by atoms with Crippen molar-refractivity contribution in [2.24, 2.45) is 0 Å². The standard InChI is InChI=1S/C17H18O3/c1-19-14-10-9-12-6-2-3-7-13(12)16(14)17(18)15-8-4-5-11-20-15/h2-3,6-10,17-18H,4-5,11H2,1H3. The molecule has 0 saturated carbocycles. The van der Waals surface area contributed by atoms with E-state index < -0.39 is 6.10 Å². The van der Waals surface area contributed by atoms with Crippen LogP contribution in [0.2, 0.25) is 0 Å². The van der Waals surface area contributed by atoms with Crippen molar-refractivity contribution in [3.63, 3.8) is 0 Å². The molecular formula is C17H18O3. The zero-order valence-corrected chi connectivity index (χ0v) is 11.5. The fraction of sp³-hybridized carbons (Fsp3) is 0.294. The summed E-state index contributed by atoms with van der Waals surface area (Å²) >= 11 is 0. The molecule has 2 aromatic carbocycles. The van der Waals surface area contributed by atoms with Crippen molar-refractivity contribution in [2.45, 2.75) is 18.9 Å². The van der Waals surface area contributed by atoms with Crippen LogP contribution in [0.4, 0.5) is 0 Å². The second-order valence-electron chi connectivity index (χ2n) is 4.90. The summed E-state index contributed by atoms with van der Waals surface area (Å²) in [6.07, 6.45) is 3.13. The molecule has 0 spiro atoms. The molecule has 0 amide bonds. The Balaban J connectivity index is 2.15. The lowest BCUT2D eigenvalue weighted by Gasteiger charge is -2.22. The van der Waals surface area contributed by atoms with Crippen LogP contribution in [0, 0.1) is 0 Å². The zero-order valence-electron chi connectivity index (χ0n) is 11.5. The molecular weight excluding hydrogens is 252 g/mol. The lowest BCUT2D eigenvalue weighted by molar-refractivity contribution is 0.0910. The number of allylic oxidation sites excluding steroid dienone is 1. The number of ether oxygens (including phenoxy) is 2. The number of aliphatic hydroxyl groups excluding tert-OH is 1. The Morgan fingerprint density at radius 3 is 2.80 bits per heavy atom. The molecule has 104 valence electrons. The van der Waals surface area contributed by atoms with E-state index in [2.05, 4.69) is 0 Å². The minimum atomic E-state index is -0.781. The van der Waals surface area contributed by atoms with E-state index in [0.29, 0.717) is 18.1 Å². The van der Waals surface area contributed by atoms with Gasteiger partial charge >= 0.3 is 0 Å². The van der Waals surface area contributed by atoms with Gasteiger partial charge in [0, 0.05) is 5.56 Å². The maximum atomic E-state index is 10.7. The van der Waals surface area contributed by atoms with Gasteiger partial charge in [-0.25, -0.2) is 0 Å². The summed E-state index contributed by atoms with van der Waals surface area (Å²) in [5.41, 5.74) is 0.777. The molecule has 1 unspecified atom stereocenters. The molecule has 3 heteroatoms. The first kappa shape index (κ1) is 13.0. The minimum absolute atomic E-state index is 0.630. The van der Waals surface area contributed by atoms with Crippen LogP contribution < -0.4 is 4.74 Å². The van der Waals surface area contributed by atoms with Gasteiger partial charge in [0.05, 0.1) is 13.7 Å². The number of rotatable bonds is 3. The first-order valence-electron chi connectivity index (χ1n) is 6.88. The van der Waals surface area contributed by atoms with Crippen molar-refractivity contribution in [3.8, 4) is 5.75 Å². The summed E-state index contributed by atoms with van der Waals surface area (Å²) in [6.45, 7) is 0.663. The van der Waals surface area contributed by atoms with Crippen LogP contribution in [0.5, 0.6) is 5.75 Å². The monoisotopic (exact) mass is 270 g/mol. The molecule has 1 aliphatic heterocycles. The van der Waals surface area contributed by atoms with Crippen molar-refractivity contribution < 1.29 is 14.6 Å². The number of benzene rings is 2. The van der Waals surface area contributed by atoms with Crippen LogP contribution in [0.25, 0.3) is 10.8 Å². The zero-order chi connectivity index (χ0) is 13.9. The summed E-state index contributed by atoms with van der Waals surface area (Å²) in [6, 6.07) is 11.9. The highest BCUT2D eigenvalue weighted by Gasteiger charge is 2.23. The van der Waals surface area contributed by atoms with Gasteiger partial charge in [0.2, 0.25) is 0 Å². The fourth-order valence-electron chi connectivity index (χ4n) is 2.65. The van der Waals surface area contributed by atoms with Gasteiger partial charge < -0.3 is 14.6 Å². The third-order valence-corrected chi connectivity index (χ3v) is 3.66. The Kier molecular flexibility index (Phi) is 3.61. The summed E-state index contributed by atoms with van der Waals surface area (Å²) in [4.78, 5) is 0. The van der Waals surface area contributed by atoms with E-state index in [9.17, 15) is 5.11 Å². The van der Waals surface area contributed by atoms with Crippen LogP contribution in [-0.2, 0) is 4.74 Å². The molecule has 1 N–H and O–H groups in total. The van der Waals surface area contributed by atoms with Gasteiger partial charge in [0.15, 0.2) is 0 Å². The third-order valence-electron chi connectivity index (χ3n) is 3.66. The summed E-state index contributed by atoms with van der Waals surface area (Å²) < 4.78 is 11.0.